The first-order valence-corrected chi connectivity index (χ1v) is 7.95. The summed E-state index contributed by atoms with van der Waals surface area (Å²) in [5.41, 5.74) is 0.217. The molecule has 2 N–H and O–H groups in total. The van der Waals surface area contributed by atoms with Gasteiger partial charge in [0.1, 0.15) is 5.76 Å². The number of nitrogens with one attached hydrogen (secondary N) is 1. The van der Waals surface area contributed by atoms with Crippen LogP contribution in [0.15, 0.2) is 11.3 Å². The molecule has 0 aromatic rings. The van der Waals surface area contributed by atoms with E-state index in [-0.39, 0.29) is 11.5 Å². The molecular weight excluding hydrogens is 261 g/mol. The molecule has 0 bridgehead atoms. The average molecular weight is 281 g/mol. The van der Waals surface area contributed by atoms with E-state index in [1.165, 1.54) is 7.11 Å². The van der Waals surface area contributed by atoms with Crippen molar-refractivity contribution in [1.29, 1.82) is 0 Å². The molecule has 100 valence electrons. The highest BCUT2D eigenvalue weighted by Crippen LogP contribution is 2.46. The number of carboxylic acids is 1. The molecule has 5 nitrogen and oxygen atoms in total. The lowest BCUT2D eigenvalue weighted by Gasteiger charge is -2.23. The summed E-state index contributed by atoms with van der Waals surface area (Å²) >= 11 is 5.20. The number of hydrogen-bond acceptors (Lipinski definition) is 4. The van der Waals surface area contributed by atoms with Crippen molar-refractivity contribution in [2.24, 2.45) is 5.92 Å². The van der Waals surface area contributed by atoms with E-state index in [1.807, 2.05) is 6.92 Å². The zero-order valence-corrected chi connectivity index (χ0v) is 12.5. The predicted molar refractivity (Wildman–Crippen MR) is 71.2 cm³/mol. The standard InChI is InChI=1S/C10H20NO4PS/c1-6-11-16(17,14-5)15-8(4)9(7(2)3)10(12)13/h7H,6H2,1-5H3,(H,11,17)(H,12,13). The topological polar surface area (TPSA) is 67.8 Å². The first kappa shape index (κ1) is 16.6. The van der Waals surface area contributed by atoms with Crippen LogP contribution in [0, 0.1) is 5.92 Å². The quantitative estimate of drug-likeness (QED) is 0.424. The third-order valence-corrected chi connectivity index (χ3v) is 4.79. The van der Waals surface area contributed by atoms with Gasteiger partial charge in [-0.05, 0) is 24.6 Å². The van der Waals surface area contributed by atoms with E-state index in [2.05, 4.69) is 5.09 Å². The molecule has 0 amide bonds. The zero-order valence-electron chi connectivity index (χ0n) is 10.8. The van der Waals surface area contributed by atoms with Crippen LogP contribution in [-0.2, 0) is 25.6 Å². The van der Waals surface area contributed by atoms with Gasteiger partial charge < -0.3 is 14.2 Å². The molecule has 0 rings (SSSR count). The highest BCUT2D eigenvalue weighted by atomic mass is 32.5. The third-order valence-electron chi connectivity index (χ3n) is 2.04. The molecule has 0 aromatic carbocycles. The third kappa shape index (κ3) is 5.17. The van der Waals surface area contributed by atoms with Gasteiger partial charge in [0.2, 0.25) is 0 Å². The fourth-order valence-corrected chi connectivity index (χ4v) is 3.20. The predicted octanol–water partition coefficient (Wildman–Crippen LogP) is 2.50. The van der Waals surface area contributed by atoms with Gasteiger partial charge >= 0.3 is 12.6 Å². The molecule has 0 saturated carbocycles. The van der Waals surface area contributed by atoms with Crippen LogP contribution in [-0.4, -0.2) is 24.7 Å². The van der Waals surface area contributed by atoms with Gasteiger partial charge in [-0.25, -0.2) is 9.88 Å². The molecule has 0 spiro atoms. The van der Waals surface area contributed by atoms with E-state index >= 15 is 0 Å². The normalized spacial score (nSPS) is 16.4. The minimum atomic E-state index is -2.63. The summed E-state index contributed by atoms with van der Waals surface area (Å²) < 4.78 is 10.6. The van der Waals surface area contributed by atoms with Gasteiger partial charge in [-0.15, -0.1) is 0 Å². The summed E-state index contributed by atoms with van der Waals surface area (Å²) in [7, 11) is 1.45. The van der Waals surface area contributed by atoms with Crippen molar-refractivity contribution in [1.82, 2.24) is 5.09 Å². The van der Waals surface area contributed by atoms with Crippen molar-refractivity contribution >= 4 is 24.4 Å². The summed E-state index contributed by atoms with van der Waals surface area (Å²) in [6, 6.07) is 0. The van der Waals surface area contributed by atoms with Gasteiger partial charge in [-0.2, -0.15) is 0 Å². The van der Waals surface area contributed by atoms with E-state index in [9.17, 15) is 4.79 Å². The minimum Gasteiger partial charge on any atom is -0.478 e. The second-order valence-corrected chi connectivity index (χ2v) is 7.01. The fourth-order valence-electron chi connectivity index (χ4n) is 1.36. The molecule has 1 atom stereocenters. The van der Waals surface area contributed by atoms with E-state index in [0.717, 1.165) is 0 Å². The van der Waals surface area contributed by atoms with Gasteiger partial charge in [0.15, 0.2) is 0 Å². The molecule has 0 saturated heterocycles. The molecule has 0 radical (unpaired) electrons. The highest BCUT2D eigenvalue weighted by Gasteiger charge is 2.23. The van der Waals surface area contributed by atoms with Gasteiger partial charge in [0.05, 0.1) is 5.57 Å². The van der Waals surface area contributed by atoms with Gasteiger partial charge in [-0.3, -0.25) is 0 Å². The Hall–Kier alpha value is -0.420. The molecule has 0 aliphatic carbocycles. The van der Waals surface area contributed by atoms with Gasteiger partial charge in [0, 0.05) is 13.7 Å². The van der Waals surface area contributed by atoms with Crippen LogP contribution < -0.4 is 5.09 Å². The van der Waals surface area contributed by atoms with Crippen LogP contribution in [0.2, 0.25) is 0 Å². The molecule has 1 unspecified atom stereocenters. The first-order chi connectivity index (χ1) is 7.77. The van der Waals surface area contributed by atoms with Crippen LogP contribution in [0.4, 0.5) is 0 Å². The second-order valence-electron chi connectivity index (χ2n) is 3.71. The average Bonchev–Trinajstić information content (AvgIpc) is 2.16. The Balaban J connectivity index is 5.14. The molecule has 0 fully saturated rings. The lowest BCUT2D eigenvalue weighted by atomic mass is 10.0. The van der Waals surface area contributed by atoms with E-state index in [0.29, 0.717) is 12.3 Å². The summed E-state index contributed by atoms with van der Waals surface area (Å²) in [5.74, 6) is -0.834. The minimum absolute atomic E-state index is 0.144. The van der Waals surface area contributed by atoms with Crippen molar-refractivity contribution in [3.63, 3.8) is 0 Å². The Morgan fingerprint density at radius 3 is 2.35 bits per heavy atom. The van der Waals surface area contributed by atoms with Crippen molar-refractivity contribution in [2.45, 2.75) is 27.7 Å². The molecule has 7 heteroatoms. The van der Waals surface area contributed by atoms with Crippen molar-refractivity contribution in [3.8, 4) is 0 Å². The van der Waals surface area contributed by atoms with E-state index < -0.39 is 12.6 Å². The summed E-state index contributed by atoms with van der Waals surface area (Å²) in [6.07, 6.45) is 0. The number of carboxylic acid groups (broad SMARTS) is 1. The molecule has 0 aliphatic rings. The Morgan fingerprint density at radius 2 is 2.06 bits per heavy atom. The van der Waals surface area contributed by atoms with Gasteiger partial charge in [-0.1, -0.05) is 20.8 Å². The largest absolute Gasteiger partial charge is 0.478 e. The van der Waals surface area contributed by atoms with Crippen molar-refractivity contribution in [2.75, 3.05) is 13.7 Å². The fraction of sp³-hybridized carbons (Fsp3) is 0.700. The highest BCUT2D eigenvalue weighted by molar-refractivity contribution is 8.09. The Kier molecular flexibility index (Phi) is 6.94. The van der Waals surface area contributed by atoms with Crippen LogP contribution in [0.5, 0.6) is 0 Å². The lowest BCUT2D eigenvalue weighted by molar-refractivity contribution is -0.133. The lowest BCUT2D eigenvalue weighted by Crippen LogP contribution is -2.15. The summed E-state index contributed by atoms with van der Waals surface area (Å²) in [6.45, 7) is 5.03. The molecule has 0 heterocycles. The molecule has 0 aromatic heterocycles. The molecular formula is C10H20NO4PS. The van der Waals surface area contributed by atoms with E-state index in [1.54, 1.807) is 20.8 Å². The zero-order chi connectivity index (χ0) is 13.6. The number of allylic oxidation sites excluding steroid dienone is 1. The first-order valence-electron chi connectivity index (χ1n) is 5.32. The Morgan fingerprint density at radius 1 is 1.53 bits per heavy atom. The van der Waals surface area contributed by atoms with Crippen LogP contribution in [0.25, 0.3) is 0 Å². The summed E-state index contributed by atoms with van der Waals surface area (Å²) in [4.78, 5) is 11.1. The number of rotatable bonds is 7. The van der Waals surface area contributed by atoms with Crippen molar-refractivity contribution in [3.05, 3.63) is 11.3 Å². The number of aliphatic carboxylic acids is 1. The van der Waals surface area contributed by atoms with E-state index in [4.69, 9.17) is 26.0 Å². The second kappa shape index (κ2) is 7.11. The summed E-state index contributed by atoms with van der Waals surface area (Å²) in [5, 5.41) is 12.0. The van der Waals surface area contributed by atoms with Crippen LogP contribution in [0.1, 0.15) is 27.7 Å². The maximum atomic E-state index is 11.1. The molecule has 17 heavy (non-hydrogen) atoms. The van der Waals surface area contributed by atoms with Crippen LogP contribution >= 0.6 is 6.64 Å². The monoisotopic (exact) mass is 281 g/mol. The van der Waals surface area contributed by atoms with Gasteiger partial charge in [0.25, 0.3) is 0 Å². The molecule has 0 aliphatic heterocycles. The van der Waals surface area contributed by atoms with Crippen molar-refractivity contribution < 1.29 is 18.9 Å². The smallest absolute Gasteiger partial charge is 0.335 e. The van der Waals surface area contributed by atoms with Crippen LogP contribution in [0.3, 0.4) is 0 Å². The Bertz CT molecular complexity index is 354. The number of hydrogen-bond donors (Lipinski definition) is 2. The Labute approximate surface area is 107 Å². The maximum Gasteiger partial charge on any atom is 0.335 e. The SMILES string of the molecule is CCNP(=S)(OC)OC(C)=C(C(=O)O)C(C)C. The number of carbonyl (C=O) groups is 1. The maximum absolute atomic E-state index is 11.1.